The molecule has 0 aliphatic heterocycles. The van der Waals surface area contributed by atoms with E-state index in [2.05, 4.69) is 17.2 Å². The van der Waals surface area contributed by atoms with Crippen LogP contribution in [0.4, 0.5) is 0 Å². The van der Waals surface area contributed by atoms with Crippen LogP contribution < -0.4 is 5.32 Å². The first-order chi connectivity index (χ1) is 11.3. The van der Waals surface area contributed by atoms with Crippen molar-refractivity contribution in [3.05, 3.63) is 45.9 Å². The first-order valence-electron chi connectivity index (χ1n) is 7.90. The zero-order chi connectivity index (χ0) is 17.7. The Morgan fingerprint density at radius 2 is 1.92 bits per heavy atom. The summed E-state index contributed by atoms with van der Waals surface area (Å²) in [5, 5.41) is 5.71. The first kappa shape index (κ1) is 18.6. The third-order valence-corrected chi connectivity index (χ3v) is 5.71. The van der Waals surface area contributed by atoms with Gasteiger partial charge in [-0.2, -0.15) is 0 Å². The molecule has 0 saturated heterocycles. The van der Waals surface area contributed by atoms with Crippen molar-refractivity contribution in [1.82, 2.24) is 10.3 Å². The second kappa shape index (κ2) is 7.90. The molecule has 1 heterocycles. The lowest BCUT2D eigenvalue weighted by atomic mass is 10.0. The number of aryl methyl sites for hydroxylation is 1. The maximum absolute atomic E-state index is 12.4. The summed E-state index contributed by atoms with van der Waals surface area (Å²) in [4.78, 5) is 17.0. The topological polar surface area (TPSA) is 76.1 Å². The van der Waals surface area contributed by atoms with Crippen LogP contribution in [0.15, 0.2) is 34.5 Å². The highest BCUT2D eigenvalue weighted by molar-refractivity contribution is 7.90. The molecule has 24 heavy (non-hydrogen) atoms. The molecule has 5 nitrogen and oxygen atoms in total. The SMILES string of the molecule is CCCc1nc(C(=O)NC(CC)c2ccc(S(C)(=O)=O)cc2)cs1. The molecule has 7 heteroatoms. The second-order valence-electron chi connectivity index (χ2n) is 5.65. The Morgan fingerprint density at radius 3 is 2.46 bits per heavy atom. The number of hydrogen-bond donors (Lipinski definition) is 1. The van der Waals surface area contributed by atoms with Crippen molar-refractivity contribution >= 4 is 27.1 Å². The molecule has 1 atom stereocenters. The van der Waals surface area contributed by atoms with E-state index in [9.17, 15) is 13.2 Å². The van der Waals surface area contributed by atoms with Gasteiger partial charge in [-0.1, -0.05) is 26.0 Å². The normalized spacial score (nSPS) is 12.8. The Labute approximate surface area is 147 Å². The van der Waals surface area contributed by atoms with Gasteiger partial charge in [-0.25, -0.2) is 13.4 Å². The van der Waals surface area contributed by atoms with Crippen molar-refractivity contribution in [2.24, 2.45) is 0 Å². The van der Waals surface area contributed by atoms with Gasteiger partial charge in [-0.05, 0) is 37.0 Å². The Balaban J connectivity index is 2.12. The van der Waals surface area contributed by atoms with Crippen molar-refractivity contribution in [3.63, 3.8) is 0 Å². The molecule has 0 aliphatic carbocycles. The van der Waals surface area contributed by atoms with E-state index in [-0.39, 0.29) is 16.8 Å². The van der Waals surface area contributed by atoms with Gasteiger partial charge in [-0.15, -0.1) is 11.3 Å². The summed E-state index contributed by atoms with van der Waals surface area (Å²) in [5.41, 5.74) is 1.32. The van der Waals surface area contributed by atoms with Gasteiger partial charge in [0.2, 0.25) is 0 Å². The van der Waals surface area contributed by atoms with E-state index in [4.69, 9.17) is 0 Å². The molecule has 1 unspecified atom stereocenters. The van der Waals surface area contributed by atoms with Gasteiger partial charge in [0.15, 0.2) is 9.84 Å². The third kappa shape index (κ3) is 4.64. The predicted octanol–water partition coefficient (Wildman–Crippen LogP) is 3.38. The van der Waals surface area contributed by atoms with Crippen molar-refractivity contribution in [1.29, 1.82) is 0 Å². The minimum Gasteiger partial charge on any atom is -0.344 e. The fourth-order valence-electron chi connectivity index (χ4n) is 2.34. The summed E-state index contributed by atoms with van der Waals surface area (Å²) >= 11 is 1.50. The largest absolute Gasteiger partial charge is 0.344 e. The molecule has 0 saturated carbocycles. The van der Waals surface area contributed by atoms with Gasteiger partial charge in [0.25, 0.3) is 5.91 Å². The minimum atomic E-state index is -3.22. The average Bonchev–Trinajstić information content (AvgIpc) is 3.01. The number of hydrogen-bond acceptors (Lipinski definition) is 5. The number of sulfone groups is 1. The third-order valence-electron chi connectivity index (χ3n) is 3.67. The van der Waals surface area contributed by atoms with Gasteiger partial charge in [0, 0.05) is 11.6 Å². The molecule has 0 aliphatic rings. The fourth-order valence-corrected chi connectivity index (χ4v) is 3.86. The molecular formula is C17H22N2O3S2. The molecule has 1 aromatic carbocycles. The van der Waals surface area contributed by atoms with Crippen LogP contribution in [0, 0.1) is 0 Å². The highest BCUT2D eigenvalue weighted by Gasteiger charge is 2.17. The van der Waals surface area contributed by atoms with E-state index in [1.54, 1.807) is 29.6 Å². The van der Waals surface area contributed by atoms with Crippen LogP contribution in [-0.2, 0) is 16.3 Å². The summed E-state index contributed by atoms with van der Waals surface area (Å²) in [6.45, 7) is 4.05. The number of nitrogens with zero attached hydrogens (tertiary/aromatic N) is 1. The van der Waals surface area contributed by atoms with E-state index >= 15 is 0 Å². The lowest BCUT2D eigenvalue weighted by molar-refractivity contribution is 0.0931. The Morgan fingerprint density at radius 1 is 1.25 bits per heavy atom. The maximum Gasteiger partial charge on any atom is 0.271 e. The number of carbonyl (C=O) groups is 1. The Kier molecular flexibility index (Phi) is 6.12. The number of amides is 1. The summed E-state index contributed by atoms with van der Waals surface area (Å²) in [7, 11) is -3.22. The highest BCUT2D eigenvalue weighted by Crippen LogP contribution is 2.20. The van der Waals surface area contributed by atoms with Crippen LogP contribution in [0.25, 0.3) is 0 Å². The minimum absolute atomic E-state index is 0.178. The van der Waals surface area contributed by atoms with Crippen molar-refractivity contribution < 1.29 is 13.2 Å². The summed E-state index contributed by atoms with van der Waals surface area (Å²) in [6, 6.07) is 6.45. The molecule has 0 fully saturated rings. The van der Waals surface area contributed by atoms with Crippen LogP contribution in [0.3, 0.4) is 0 Å². The van der Waals surface area contributed by atoms with Gasteiger partial charge in [0.1, 0.15) is 5.69 Å². The number of rotatable bonds is 7. The van der Waals surface area contributed by atoms with Crippen LogP contribution in [-0.4, -0.2) is 25.6 Å². The molecular weight excluding hydrogens is 344 g/mol. The second-order valence-corrected chi connectivity index (χ2v) is 8.61. The lowest BCUT2D eigenvalue weighted by Gasteiger charge is -2.17. The molecule has 0 spiro atoms. The van der Waals surface area contributed by atoms with Gasteiger partial charge >= 0.3 is 0 Å². The predicted molar refractivity (Wildman–Crippen MR) is 96.2 cm³/mol. The van der Waals surface area contributed by atoms with E-state index in [1.165, 1.54) is 17.6 Å². The van der Waals surface area contributed by atoms with E-state index in [0.29, 0.717) is 12.1 Å². The highest BCUT2D eigenvalue weighted by atomic mass is 32.2. The van der Waals surface area contributed by atoms with Crippen molar-refractivity contribution in [2.75, 3.05) is 6.26 Å². The van der Waals surface area contributed by atoms with Crippen molar-refractivity contribution in [3.8, 4) is 0 Å². The lowest BCUT2D eigenvalue weighted by Crippen LogP contribution is -2.28. The molecule has 130 valence electrons. The van der Waals surface area contributed by atoms with E-state index < -0.39 is 9.84 Å². The number of benzene rings is 1. The molecule has 1 amide bonds. The summed E-state index contributed by atoms with van der Waals surface area (Å²) < 4.78 is 23.1. The number of thiazole rings is 1. The molecule has 1 aromatic heterocycles. The quantitative estimate of drug-likeness (QED) is 0.815. The van der Waals surface area contributed by atoms with Gasteiger partial charge in [-0.3, -0.25) is 4.79 Å². The van der Waals surface area contributed by atoms with Gasteiger partial charge < -0.3 is 5.32 Å². The Bertz CT molecular complexity index is 795. The number of nitrogens with one attached hydrogen (secondary N) is 1. The fraction of sp³-hybridized carbons (Fsp3) is 0.412. The average molecular weight is 367 g/mol. The van der Waals surface area contributed by atoms with Crippen LogP contribution in [0.2, 0.25) is 0 Å². The molecule has 2 rings (SSSR count). The molecule has 0 radical (unpaired) electrons. The van der Waals surface area contributed by atoms with Crippen molar-refractivity contribution in [2.45, 2.75) is 44.0 Å². The number of carbonyl (C=O) groups excluding carboxylic acids is 1. The molecule has 0 bridgehead atoms. The molecule has 1 N–H and O–H groups in total. The van der Waals surface area contributed by atoms with Gasteiger partial charge in [0.05, 0.1) is 15.9 Å². The first-order valence-corrected chi connectivity index (χ1v) is 10.7. The zero-order valence-corrected chi connectivity index (χ0v) is 15.7. The molecule has 2 aromatic rings. The van der Waals surface area contributed by atoms with E-state index in [1.807, 2.05) is 6.92 Å². The smallest absolute Gasteiger partial charge is 0.271 e. The van der Waals surface area contributed by atoms with Crippen LogP contribution in [0.5, 0.6) is 0 Å². The van der Waals surface area contributed by atoms with Crippen LogP contribution in [0.1, 0.15) is 53.8 Å². The van der Waals surface area contributed by atoms with Crippen LogP contribution >= 0.6 is 11.3 Å². The maximum atomic E-state index is 12.4. The monoisotopic (exact) mass is 366 g/mol. The van der Waals surface area contributed by atoms with E-state index in [0.717, 1.165) is 23.4 Å². The summed E-state index contributed by atoms with van der Waals surface area (Å²) in [6.07, 6.45) is 3.76. The number of aromatic nitrogens is 1. The standard InChI is InChI=1S/C17H22N2O3S2/c1-4-6-16-18-15(11-23-16)17(20)19-14(5-2)12-7-9-13(10-8-12)24(3,21)22/h7-11,14H,4-6H2,1-3H3,(H,19,20). The summed E-state index contributed by atoms with van der Waals surface area (Å²) in [5.74, 6) is -0.201. The zero-order valence-electron chi connectivity index (χ0n) is 14.1. The Hall–Kier alpha value is -1.73.